The molecule has 106 valence electrons. The molecule has 1 aromatic carbocycles. The highest BCUT2D eigenvalue weighted by atomic mass is 16.5. The largest absolute Gasteiger partial charge is 0.489 e. The summed E-state index contributed by atoms with van der Waals surface area (Å²) < 4.78 is 5.82. The fourth-order valence-electron chi connectivity index (χ4n) is 1.97. The molecule has 1 aromatic rings. The summed E-state index contributed by atoms with van der Waals surface area (Å²) in [5, 5.41) is 2.76. The molecule has 1 unspecified atom stereocenters. The predicted molar refractivity (Wildman–Crippen MR) is 78.4 cm³/mol. The quantitative estimate of drug-likeness (QED) is 0.776. The van der Waals surface area contributed by atoms with Crippen LogP contribution in [0.1, 0.15) is 44.5 Å². The maximum Gasteiger partial charge on any atom is 0.251 e. The zero-order chi connectivity index (χ0) is 14.4. The van der Waals surface area contributed by atoms with E-state index in [1.165, 1.54) is 0 Å². The summed E-state index contributed by atoms with van der Waals surface area (Å²) in [5.74, 6) is 1.03. The summed E-state index contributed by atoms with van der Waals surface area (Å²) in [5.41, 5.74) is 7.02. The van der Waals surface area contributed by atoms with Gasteiger partial charge in [0.1, 0.15) is 5.75 Å². The average Bonchev–Trinajstić information content (AvgIpc) is 2.31. The molecule has 1 atom stereocenters. The SMILES string of the molecule is CCNC(=O)c1ccc(N)c(OC(C)CC(C)C)c1. The molecule has 0 fully saturated rings. The Morgan fingerprint density at radius 1 is 1.37 bits per heavy atom. The monoisotopic (exact) mass is 264 g/mol. The highest BCUT2D eigenvalue weighted by Crippen LogP contribution is 2.25. The van der Waals surface area contributed by atoms with Crippen LogP contribution in [0.5, 0.6) is 5.75 Å². The van der Waals surface area contributed by atoms with Crippen LogP contribution in [0.2, 0.25) is 0 Å². The van der Waals surface area contributed by atoms with Crippen molar-refractivity contribution in [3.63, 3.8) is 0 Å². The van der Waals surface area contributed by atoms with Crippen LogP contribution < -0.4 is 15.8 Å². The topological polar surface area (TPSA) is 64.4 Å². The number of nitrogens with one attached hydrogen (secondary N) is 1. The molecule has 0 bridgehead atoms. The van der Waals surface area contributed by atoms with Gasteiger partial charge in [0, 0.05) is 12.1 Å². The number of amides is 1. The van der Waals surface area contributed by atoms with Crippen LogP contribution in [0.25, 0.3) is 0 Å². The van der Waals surface area contributed by atoms with E-state index in [4.69, 9.17) is 10.5 Å². The Labute approximate surface area is 115 Å². The molecule has 0 saturated carbocycles. The smallest absolute Gasteiger partial charge is 0.251 e. The average molecular weight is 264 g/mol. The van der Waals surface area contributed by atoms with E-state index >= 15 is 0 Å². The van der Waals surface area contributed by atoms with Gasteiger partial charge in [0.05, 0.1) is 11.8 Å². The van der Waals surface area contributed by atoms with Gasteiger partial charge in [-0.25, -0.2) is 0 Å². The molecule has 0 heterocycles. The van der Waals surface area contributed by atoms with E-state index in [-0.39, 0.29) is 12.0 Å². The number of ether oxygens (including phenoxy) is 1. The third kappa shape index (κ3) is 4.81. The Hall–Kier alpha value is -1.71. The van der Waals surface area contributed by atoms with Crippen LogP contribution in [0.3, 0.4) is 0 Å². The fraction of sp³-hybridized carbons (Fsp3) is 0.533. The molecule has 0 saturated heterocycles. The van der Waals surface area contributed by atoms with Crippen molar-refractivity contribution >= 4 is 11.6 Å². The lowest BCUT2D eigenvalue weighted by Crippen LogP contribution is -2.23. The number of nitrogens with two attached hydrogens (primary N) is 1. The molecule has 1 amide bonds. The molecule has 4 nitrogen and oxygen atoms in total. The minimum atomic E-state index is -0.108. The fourth-order valence-corrected chi connectivity index (χ4v) is 1.97. The Bertz CT molecular complexity index is 430. The number of carbonyl (C=O) groups excluding carboxylic acids is 1. The number of nitrogen functional groups attached to an aromatic ring is 1. The zero-order valence-electron chi connectivity index (χ0n) is 12.2. The number of hydrogen-bond donors (Lipinski definition) is 2. The van der Waals surface area contributed by atoms with Crippen molar-refractivity contribution in [1.29, 1.82) is 0 Å². The second-order valence-corrected chi connectivity index (χ2v) is 5.17. The summed E-state index contributed by atoms with van der Waals surface area (Å²) in [6.07, 6.45) is 1.02. The van der Waals surface area contributed by atoms with Crippen molar-refractivity contribution in [2.24, 2.45) is 5.92 Å². The summed E-state index contributed by atoms with van der Waals surface area (Å²) in [6, 6.07) is 5.12. The Morgan fingerprint density at radius 2 is 2.05 bits per heavy atom. The van der Waals surface area contributed by atoms with E-state index in [1.807, 2.05) is 13.8 Å². The van der Waals surface area contributed by atoms with Crippen LogP contribution in [0.15, 0.2) is 18.2 Å². The van der Waals surface area contributed by atoms with Gasteiger partial charge in [-0.15, -0.1) is 0 Å². The minimum Gasteiger partial charge on any atom is -0.489 e. The lowest BCUT2D eigenvalue weighted by Gasteiger charge is -2.18. The van der Waals surface area contributed by atoms with Gasteiger partial charge in [0.2, 0.25) is 0 Å². The summed E-state index contributed by atoms with van der Waals surface area (Å²) in [4.78, 5) is 11.8. The van der Waals surface area contributed by atoms with Gasteiger partial charge in [-0.1, -0.05) is 13.8 Å². The molecule has 0 radical (unpaired) electrons. The lowest BCUT2D eigenvalue weighted by atomic mass is 10.1. The van der Waals surface area contributed by atoms with Gasteiger partial charge in [0.25, 0.3) is 5.91 Å². The molecule has 19 heavy (non-hydrogen) atoms. The second-order valence-electron chi connectivity index (χ2n) is 5.17. The van der Waals surface area contributed by atoms with Crippen molar-refractivity contribution in [2.75, 3.05) is 12.3 Å². The van der Waals surface area contributed by atoms with E-state index in [1.54, 1.807) is 18.2 Å². The third-order valence-electron chi connectivity index (χ3n) is 2.74. The van der Waals surface area contributed by atoms with E-state index in [9.17, 15) is 4.79 Å². The van der Waals surface area contributed by atoms with Crippen molar-refractivity contribution in [1.82, 2.24) is 5.32 Å². The molecule has 0 aliphatic rings. The predicted octanol–water partition coefficient (Wildman–Crippen LogP) is 2.83. The van der Waals surface area contributed by atoms with E-state index in [0.29, 0.717) is 29.5 Å². The molecule has 1 rings (SSSR count). The Morgan fingerprint density at radius 3 is 2.63 bits per heavy atom. The van der Waals surface area contributed by atoms with Gasteiger partial charge in [-0.2, -0.15) is 0 Å². The van der Waals surface area contributed by atoms with Gasteiger partial charge in [-0.3, -0.25) is 4.79 Å². The van der Waals surface area contributed by atoms with Gasteiger partial charge >= 0.3 is 0 Å². The van der Waals surface area contributed by atoms with Crippen LogP contribution in [-0.4, -0.2) is 18.6 Å². The number of hydrogen-bond acceptors (Lipinski definition) is 3. The van der Waals surface area contributed by atoms with E-state index in [2.05, 4.69) is 19.2 Å². The first-order valence-electron chi connectivity index (χ1n) is 6.78. The second kappa shape index (κ2) is 7.02. The van der Waals surface area contributed by atoms with Crippen molar-refractivity contribution in [3.05, 3.63) is 23.8 Å². The first-order valence-corrected chi connectivity index (χ1v) is 6.78. The maximum absolute atomic E-state index is 11.8. The van der Waals surface area contributed by atoms with Crippen LogP contribution in [0, 0.1) is 5.92 Å². The van der Waals surface area contributed by atoms with Crippen LogP contribution >= 0.6 is 0 Å². The van der Waals surface area contributed by atoms with Gasteiger partial charge in [-0.05, 0) is 44.4 Å². The first-order chi connectivity index (χ1) is 8.93. The van der Waals surface area contributed by atoms with Gasteiger partial charge < -0.3 is 15.8 Å². The molecule has 4 heteroatoms. The number of rotatable bonds is 6. The summed E-state index contributed by atoms with van der Waals surface area (Å²) in [7, 11) is 0. The molecular weight excluding hydrogens is 240 g/mol. The van der Waals surface area contributed by atoms with E-state index < -0.39 is 0 Å². The zero-order valence-corrected chi connectivity index (χ0v) is 12.2. The van der Waals surface area contributed by atoms with Crippen LogP contribution in [-0.2, 0) is 0 Å². The van der Waals surface area contributed by atoms with E-state index in [0.717, 1.165) is 6.42 Å². The maximum atomic E-state index is 11.8. The molecule has 0 spiro atoms. The number of benzene rings is 1. The number of anilines is 1. The Balaban J connectivity index is 2.82. The van der Waals surface area contributed by atoms with Crippen molar-refractivity contribution in [3.8, 4) is 5.75 Å². The van der Waals surface area contributed by atoms with Crippen molar-refractivity contribution in [2.45, 2.75) is 40.2 Å². The highest BCUT2D eigenvalue weighted by Gasteiger charge is 2.12. The first kappa shape index (κ1) is 15.3. The molecular formula is C15H24N2O2. The highest BCUT2D eigenvalue weighted by molar-refractivity contribution is 5.95. The van der Waals surface area contributed by atoms with Crippen molar-refractivity contribution < 1.29 is 9.53 Å². The van der Waals surface area contributed by atoms with Gasteiger partial charge in [0.15, 0.2) is 0 Å². The lowest BCUT2D eigenvalue weighted by molar-refractivity contribution is 0.0955. The standard InChI is InChI=1S/C15H24N2O2/c1-5-17-15(18)12-6-7-13(16)14(9-12)19-11(4)8-10(2)3/h6-7,9-11H,5,8,16H2,1-4H3,(H,17,18). The third-order valence-corrected chi connectivity index (χ3v) is 2.74. The minimum absolute atomic E-state index is 0.0757. The normalized spacial score (nSPS) is 12.3. The molecule has 3 N–H and O–H groups in total. The number of carbonyl (C=O) groups is 1. The Kier molecular flexibility index (Phi) is 5.67. The molecule has 0 aliphatic carbocycles. The molecule has 0 aromatic heterocycles. The summed E-state index contributed by atoms with van der Waals surface area (Å²) >= 11 is 0. The summed E-state index contributed by atoms with van der Waals surface area (Å²) in [6.45, 7) is 8.79. The van der Waals surface area contributed by atoms with Crippen LogP contribution in [0.4, 0.5) is 5.69 Å². The molecule has 0 aliphatic heterocycles.